The van der Waals surface area contributed by atoms with Gasteiger partial charge in [-0.05, 0) is 0 Å². The number of hydrogen-bond donors (Lipinski definition) is 1. The van der Waals surface area contributed by atoms with Crippen LogP contribution in [0.25, 0.3) is 11.3 Å². The zero-order chi connectivity index (χ0) is 13.8. The SMILES string of the molecule is COc1cc(OC)c(-c2cc(CN)on2)c(OC)c1. The van der Waals surface area contributed by atoms with E-state index in [2.05, 4.69) is 5.16 Å². The van der Waals surface area contributed by atoms with Crippen molar-refractivity contribution in [1.29, 1.82) is 0 Å². The normalized spacial score (nSPS) is 10.3. The van der Waals surface area contributed by atoms with Crippen LogP contribution in [0, 0.1) is 0 Å². The Morgan fingerprint density at radius 3 is 2.11 bits per heavy atom. The van der Waals surface area contributed by atoms with Crippen molar-refractivity contribution in [2.45, 2.75) is 6.54 Å². The molecule has 6 heteroatoms. The van der Waals surface area contributed by atoms with Crippen LogP contribution in [0.2, 0.25) is 0 Å². The van der Waals surface area contributed by atoms with Gasteiger partial charge in [0.15, 0.2) is 5.76 Å². The van der Waals surface area contributed by atoms with Crippen LogP contribution in [0.3, 0.4) is 0 Å². The summed E-state index contributed by atoms with van der Waals surface area (Å²) in [6.45, 7) is 0.286. The number of nitrogens with two attached hydrogens (primary N) is 1. The Labute approximate surface area is 111 Å². The Morgan fingerprint density at radius 2 is 1.68 bits per heavy atom. The Kier molecular flexibility index (Phi) is 3.91. The fraction of sp³-hybridized carbons (Fsp3) is 0.308. The zero-order valence-electron chi connectivity index (χ0n) is 11.1. The topological polar surface area (TPSA) is 79.7 Å². The molecule has 0 bridgehead atoms. The van der Waals surface area contributed by atoms with Crippen LogP contribution >= 0.6 is 0 Å². The number of nitrogens with zero attached hydrogens (tertiary/aromatic N) is 1. The fourth-order valence-electron chi connectivity index (χ4n) is 1.79. The Morgan fingerprint density at radius 1 is 1.05 bits per heavy atom. The molecule has 6 nitrogen and oxygen atoms in total. The zero-order valence-corrected chi connectivity index (χ0v) is 11.1. The maximum absolute atomic E-state index is 5.51. The molecule has 1 aromatic heterocycles. The maximum Gasteiger partial charge on any atom is 0.150 e. The van der Waals surface area contributed by atoms with E-state index >= 15 is 0 Å². The highest BCUT2D eigenvalue weighted by Crippen LogP contribution is 2.41. The summed E-state index contributed by atoms with van der Waals surface area (Å²) in [6, 6.07) is 5.27. The summed E-state index contributed by atoms with van der Waals surface area (Å²) in [5.74, 6) is 2.41. The van der Waals surface area contributed by atoms with Crippen LogP contribution in [0.1, 0.15) is 5.76 Å². The van der Waals surface area contributed by atoms with Gasteiger partial charge in [-0.2, -0.15) is 0 Å². The molecule has 0 fully saturated rings. The molecule has 1 aromatic carbocycles. The van der Waals surface area contributed by atoms with Crippen LogP contribution < -0.4 is 19.9 Å². The summed E-state index contributed by atoms with van der Waals surface area (Å²) in [4.78, 5) is 0. The molecule has 1 heterocycles. The summed E-state index contributed by atoms with van der Waals surface area (Å²) in [5.41, 5.74) is 6.82. The van der Waals surface area contributed by atoms with Gasteiger partial charge in [0.2, 0.25) is 0 Å². The molecule has 0 amide bonds. The van der Waals surface area contributed by atoms with Gasteiger partial charge in [0.1, 0.15) is 22.9 Å². The molecule has 2 rings (SSSR count). The van der Waals surface area contributed by atoms with Crippen molar-refractivity contribution in [2.24, 2.45) is 5.73 Å². The number of rotatable bonds is 5. The molecular weight excluding hydrogens is 248 g/mol. The van der Waals surface area contributed by atoms with Crippen LogP contribution in [0.15, 0.2) is 22.7 Å². The maximum atomic E-state index is 5.51. The van der Waals surface area contributed by atoms with E-state index in [0.717, 1.165) is 0 Å². The second-order valence-corrected chi connectivity index (χ2v) is 3.79. The summed E-state index contributed by atoms with van der Waals surface area (Å²) < 4.78 is 21.0. The van der Waals surface area contributed by atoms with Gasteiger partial charge < -0.3 is 24.5 Å². The van der Waals surface area contributed by atoms with Crippen molar-refractivity contribution < 1.29 is 18.7 Å². The van der Waals surface area contributed by atoms with Crippen molar-refractivity contribution in [1.82, 2.24) is 5.16 Å². The van der Waals surface area contributed by atoms with E-state index in [4.69, 9.17) is 24.5 Å². The Bertz CT molecular complexity index is 541. The number of hydrogen-bond acceptors (Lipinski definition) is 6. The van der Waals surface area contributed by atoms with Crippen molar-refractivity contribution in [2.75, 3.05) is 21.3 Å². The Balaban J connectivity index is 2.59. The lowest BCUT2D eigenvalue weighted by Crippen LogP contribution is -1.95. The van der Waals surface area contributed by atoms with E-state index < -0.39 is 0 Å². The van der Waals surface area contributed by atoms with E-state index in [0.29, 0.717) is 34.3 Å². The second kappa shape index (κ2) is 5.62. The molecule has 0 aliphatic rings. The first-order valence-electron chi connectivity index (χ1n) is 5.69. The van der Waals surface area contributed by atoms with Crippen molar-refractivity contribution in [3.63, 3.8) is 0 Å². The van der Waals surface area contributed by atoms with Gasteiger partial charge in [-0.1, -0.05) is 5.16 Å². The van der Waals surface area contributed by atoms with Gasteiger partial charge in [-0.3, -0.25) is 0 Å². The number of benzene rings is 1. The lowest BCUT2D eigenvalue weighted by Gasteiger charge is -2.13. The summed E-state index contributed by atoms with van der Waals surface area (Å²) in [6.07, 6.45) is 0. The van der Waals surface area contributed by atoms with Crippen LogP contribution in [0.5, 0.6) is 17.2 Å². The minimum Gasteiger partial charge on any atom is -0.496 e. The quantitative estimate of drug-likeness (QED) is 0.887. The average molecular weight is 264 g/mol. The fourth-order valence-corrected chi connectivity index (χ4v) is 1.79. The summed E-state index contributed by atoms with van der Waals surface area (Å²) in [5, 5.41) is 3.97. The van der Waals surface area contributed by atoms with E-state index in [9.17, 15) is 0 Å². The third-order valence-electron chi connectivity index (χ3n) is 2.73. The third kappa shape index (κ3) is 2.48. The molecule has 2 aromatic rings. The van der Waals surface area contributed by atoms with E-state index in [1.54, 1.807) is 39.5 Å². The van der Waals surface area contributed by atoms with Gasteiger partial charge in [0.05, 0.1) is 33.4 Å². The van der Waals surface area contributed by atoms with Gasteiger partial charge in [-0.15, -0.1) is 0 Å². The van der Waals surface area contributed by atoms with Gasteiger partial charge in [0, 0.05) is 18.2 Å². The largest absolute Gasteiger partial charge is 0.496 e. The smallest absolute Gasteiger partial charge is 0.150 e. The lowest BCUT2D eigenvalue weighted by atomic mass is 10.1. The van der Waals surface area contributed by atoms with E-state index in [1.807, 2.05) is 0 Å². The average Bonchev–Trinajstić information content (AvgIpc) is 2.94. The molecule has 0 atom stereocenters. The van der Waals surface area contributed by atoms with Crippen molar-refractivity contribution in [3.05, 3.63) is 24.0 Å². The van der Waals surface area contributed by atoms with Crippen molar-refractivity contribution >= 4 is 0 Å². The van der Waals surface area contributed by atoms with Crippen LogP contribution in [0.4, 0.5) is 0 Å². The highest BCUT2D eigenvalue weighted by molar-refractivity contribution is 5.75. The van der Waals surface area contributed by atoms with Crippen LogP contribution in [-0.4, -0.2) is 26.5 Å². The van der Waals surface area contributed by atoms with E-state index in [-0.39, 0.29) is 6.54 Å². The molecule has 0 aliphatic heterocycles. The molecule has 0 spiro atoms. The molecule has 0 aliphatic carbocycles. The van der Waals surface area contributed by atoms with Gasteiger partial charge in [-0.25, -0.2) is 0 Å². The van der Waals surface area contributed by atoms with Crippen molar-refractivity contribution in [3.8, 4) is 28.5 Å². The first-order valence-corrected chi connectivity index (χ1v) is 5.69. The van der Waals surface area contributed by atoms with Gasteiger partial charge >= 0.3 is 0 Å². The number of aromatic nitrogens is 1. The molecule has 102 valence electrons. The number of ether oxygens (including phenoxy) is 3. The minimum absolute atomic E-state index is 0.286. The summed E-state index contributed by atoms with van der Waals surface area (Å²) in [7, 11) is 4.72. The highest BCUT2D eigenvalue weighted by atomic mass is 16.5. The van der Waals surface area contributed by atoms with Crippen LogP contribution in [-0.2, 0) is 6.54 Å². The minimum atomic E-state index is 0.286. The molecule has 0 unspecified atom stereocenters. The summed E-state index contributed by atoms with van der Waals surface area (Å²) >= 11 is 0. The monoisotopic (exact) mass is 264 g/mol. The molecule has 0 saturated carbocycles. The Hall–Kier alpha value is -2.21. The van der Waals surface area contributed by atoms with E-state index in [1.165, 1.54) is 0 Å². The first-order chi connectivity index (χ1) is 9.23. The number of methoxy groups -OCH3 is 3. The van der Waals surface area contributed by atoms with Gasteiger partial charge in [0.25, 0.3) is 0 Å². The molecule has 0 saturated heterocycles. The standard InChI is InChI=1S/C13H16N2O4/c1-16-8-5-11(17-2)13(12(6-8)18-3)10-4-9(7-14)19-15-10/h4-6H,7,14H2,1-3H3. The predicted octanol–water partition coefficient (Wildman–Crippen LogP) is 1.83. The third-order valence-corrected chi connectivity index (χ3v) is 2.73. The molecule has 2 N–H and O–H groups in total. The lowest BCUT2D eigenvalue weighted by molar-refractivity contribution is 0.373. The highest BCUT2D eigenvalue weighted by Gasteiger charge is 2.18. The predicted molar refractivity (Wildman–Crippen MR) is 69.5 cm³/mol. The molecule has 19 heavy (non-hydrogen) atoms. The molecule has 0 radical (unpaired) electrons. The second-order valence-electron chi connectivity index (χ2n) is 3.79. The first kappa shape index (κ1) is 13.2. The molecular formula is C13H16N2O4.